The number of ether oxygens (including phenoxy) is 1. The molecule has 1 spiro atoms. The number of rotatable bonds is 6. The molecule has 0 aromatic heterocycles. The first-order chi connectivity index (χ1) is 13.3. The quantitative estimate of drug-likeness (QED) is 0.823. The molecule has 0 bridgehead atoms. The SMILES string of the molecule is OC(COC1CCCCC1)CN1CCCCC12CCN(c1ccccc1)C2. The number of nitrogens with zero attached hydrogens (tertiary/aromatic N) is 2. The second kappa shape index (κ2) is 8.93. The molecule has 2 atom stereocenters. The minimum absolute atomic E-state index is 0.236. The standard InChI is InChI=1S/C23H36N2O2/c26-21(18-27-22-11-5-2-6-12-22)17-25-15-8-7-13-23(25)14-16-24(19-23)20-9-3-1-4-10-20/h1,3-4,9-10,21-22,26H,2,5-8,11-19H2. The number of likely N-dealkylation sites (tertiary alicyclic amines) is 1. The molecule has 4 rings (SSSR count). The Hall–Kier alpha value is -1.10. The van der Waals surface area contributed by atoms with Gasteiger partial charge in [0.2, 0.25) is 0 Å². The molecule has 27 heavy (non-hydrogen) atoms. The average Bonchev–Trinajstić information content (AvgIpc) is 3.14. The fourth-order valence-corrected chi connectivity index (χ4v) is 5.40. The van der Waals surface area contributed by atoms with E-state index in [1.165, 1.54) is 63.5 Å². The normalized spacial score (nSPS) is 28.7. The lowest BCUT2D eigenvalue weighted by Gasteiger charge is -2.46. The van der Waals surface area contributed by atoms with Crippen LogP contribution in [-0.2, 0) is 4.74 Å². The number of β-amino-alcohol motifs (C(OH)–C–C–N with tert-alkyl or cyclic N) is 1. The summed E-state index contributed by atoms with van der Waals surface area (Å²) in [7, 11) is 0. The van der Waals surface area contributed by atoms with Gasteiger partial charge in [-0.1, -0.05) is 43.9 Å². The monoisotopic (exact) mass is 372 g/mol. The fraction of sp³-hybridized carbons (Fsp3) is 0.739. The highest BCUT2D eigenvalue weighted by Gasteiger charge is 2.44. The Kier molecular flexibility index (Phi) is 6.36. The average molecular weight is 373 g/mol. The van der Waals surface area contributed by atoms with Crippen LogP contribution in [0.25, 0.3) is 0 Å². The van der Waals surface area contributed by atoms with Crippen molar-refractivity contribution >= 4 is 5.69 Å². The van der Waals surface area contributed by atoms with Gasteiger partial charge < -0.3 is 14.7 Å². The maximum Gasteiger partial charge on any atom is 0.0900 e. The molecule has 150 valence electrons. The van der Waals surface area contributed by atoms with E-state index in [1.54, 1.807) is 0 Å². The van der Waals surface area contributed by atoms with Gasteiger partial charge in [0.05, 0.1) is 18.8 Å². The Morgan fingerprint density at radius 3 is 2.63 bits per heavy atom. The topological polar surface area (TPSA) is 35.9 Å². The highest BCUT2D eigenvalue weighted by atomic mass is 16.5. The van der Waals surface area contributed by atoms with Gasteiger partial charge in [0.1, 0.15) is 0 Å². The Morgan fingerprint density at radius 1 is 1.00 bits per heavy atom. The van der Waals surface area contributed by atoms with Gasteiger partial charge >= 0.3 is 0 Å². The predicted octanol–water partition coefficient (Wildman–Crippen LogP) is 3.83. The molecule has 0 radical (unpaired) electrons. The Bertz CT molecular complexity index is 575. The van der Waals surface area contributed by atoms with Crippen molar-refractivity contribution < 1.29 is 9.84 Å². The molecule has 3 fully saturated rings. The summed E-state index contributed by atoms with van der Waals surface area (Å²) in [5.74, 6) is 0. The van der Waals surface area contributed by atoms with E-state index in [1.807, 2.05) is 0 Å². The van der Waals surface area contributed by atoms with Crippen molar-refractivity contribution in [3.8, 4) is 0 Å². The lowest BCUT2D eigenvalue weighted by atomic mass is 9.85. The van der Waals surface area contributed by atoms with Crippen molar-refractivity contribution in [2.45, 2.75) is 75.5 Å². The summed E-state index contributed by atoms with van der Waals surface area (Å²) in [5.41, 5.74) is 1.57. The molecule has 1 N–H and O–H groups in total. The predicted molar refractivity (Wildman–Crippen MR) is 110 cm³/mol. The van der Waals surface area contributed by atoms with Gasteiger partial charge in [-0.25, -0.2) is 0 Å². The second-order valence-corrected chi connectivity index (χ2v) is 8.88. The van der Waals surface area contributed by atoms with Crippen LogP contribution in [0.5, 0.6) is 0 Å². The maximum atomic E-state index is 10.7. The first kappa shape index (κ1) is 19.2. The molecule has 1 saturated carbocycles. The van der Waals surface area contributed by atoms with E-state index in [-0.39, 0.29) is 11.6 Å². The van der Waals surface area contributed by atoms with E-state index in [0.717, 1.165) is 26.2 Å². The van der Waals surface area contributed by atoms with Crippen LogP contribution < -0.4 is 4.90 Å². The van der Waals surface area contributed by atoms with E-state index in [9.17, 15) is 5.11 Å². The molecule has 2 saturated heterocycles. The Morgan fingerprint density at radius 2 is 1.81 bits per heavy atom. The minimum atomic E-state index is -0.368. The first-order valence-electron chi connectivity index (χ1n) is 11.1. The van der Waals surface area contributed by atoms with E-state index in [2.05, 4.69) is 40.1 Å². The lowest BCUT2D eigenvalue weighted by molar-refractivity contribution is -0.0505. The summed E-state index contributed by atoms with van der Waals surface area (Å²) < 4.78 is 6.04. The molecule has 2 aliphatic heterocycles. The number of hydrogen-bond donors (Lipinski definition) is 1. The lowest BCUT2D eigenvalue weighted by Crippen LogP contribution is -2.56. The highest BCUT2D eigenvalue weighted by molar-refractivity contribution is 5.48. The van der Waals surface area contributed by atoms with E-state index in [0.29, 0.717) is 12.7 Å². The van der Waals surface area contributed by atoms with Gasteiger partial charge in [-0.05, 0) is 50.8 Å². The highest BCUT2D eigenvalue weighted by Crippen LogP contribution is 2.38. The van der Waals surface area contributed by atoms with Crippen molar-refractivity contribution in [3.05, 3.63) is 30.3 Å². The maximum absolute atomic E-state index is 10.7. The van der Waals surface area contributed by atoms with Crippen LogP contribution in [0.2, 0.25) is 0 Å². The number of benzene rings is 1. The number of anilines is 1. The first-order valence-corrected chi connectivity index (χ1v) is 11.1. The third-order valence-corrected chi connectivity index (χ3v) is 6.95. The van der Waals surface area contributed by atoms with Crippen LogP contribution >= 0.6 is 0 Å². The zero-order valence-electron chi connectivity index (χ0n) is 16.7. The van der Waals surface area contributed by atoms with Crippen LogP contribution in [0.1, 0.15) is 57.8 Å². The van der Waals surface area contributed by atoms with Crippen LogP contribution in [0.15, 0.2) is 30.3 Å². The number of aliphatic hydroxyl groups is 1. The molecule has 1 aromatic carbocycles. The largest absolute Gasteiger partial charge is 0.389 e. The third-order valence-electron chi connectivity index (χ3n) is 6.95. The van der Waals surface area contributed by atoms with Crippen molar-refractivity contribution in [1.82, 2.24) is 4.90 Å². The Balaban J connectivity index is 1.33. The van der Waals surface area contributed by atoms with Gasteiger partial charge in [0.15, 0.2) is 0 Å². The van der Waals surface area contributed by atoms with Crippen LogP contribution in [0, 0.1) is 0 Å². The Labute approximate surface area is 164 Å². The van der Waals surface area contributed by atoms with Gasteiger partial charge in [0.25, 0.3) is 0 Å². The summed E-state index contributed by atoms with van der Waals surface area (Å²) in [6.45, 7) is 4.58. The molecule has 2 unspecified atom stereocenters. The van der Waals surface area contributed by atoms with Crippen molar-refractivity contribution in [3.63, 3.8) is 0 Å². The molecule has 0 amide bonds. The van der Waals surface area contributed by atoms with Crippen molar-refractivity contribution in [1.29, 1.82) is 0 Å². The molecule has 4 heteroatoms. The minimum Gasteiger partial charge on any atom is -0.389 e. The summed E-state index contributed by atoms with van der Waals surface area (Å²) >= 11 is 0. The van der Waals surface area contributed by atoms with Gasteiger partial charge in [0, 0.05) is 30.9 Å². The number of aliphatic hydroxyl groups excluding tert-OH is 1. The molecule has 3 aliphatic rings. The molecular weight excluding hydrogens is 336 g/mol. The van der Waals surface area contributed by atoms with Crippen LogP contribution in [0.3, 0.4) is 0 Å². The van der Waals surface area contributed by atoms with Crippen molar-refractivity contribution in [2.24, 2.45) is 0 Å². The number of para-hydroxylation sites is 1. The molecular formula is C23H36N2O2. The number of piperidine rings is 1. The molecule has 1 aromatic rings. The third kappa shape index (κ3) is 4.67. The smallest absolute Gasteiger partial charge is 0.0900 e. The zero-order valence-corrected chi connectivity index (χ0v) is 16.7. The molecule has 1 aliphatic carbocycles. The van der Waals surface area contributed by atoms with Crippen LogP contribution in [0.4, 0.5) is 5.69 Å². The van der Waals surface area contributed by atoms with E-state index < -0.39 is 0 Å². The van der Waals surface area contributed by atoms with Gasteiger partial charge in [-0.3, -0.25) is 4.90 Å². The summed E-state index contributed by atoms with van der Waals surface area (Å²) in [5, 5.41) is 10.7. The molecule has 2 heterocycles. The zero-order chi connectivity index (χ0) is 18.5. The van der Waals surface area contributed by atoms with Gasteiger partial charge in [-0.2, -0.15) is 0 Å². The summed E-state index contributed by atoms with van der Waals surface area (Å²) in [6.07, 6.45) is 11.3. The van der Waals surface area contributed by atoms with E-state index in [4.69, 9.17) is 4.74 Å². The van der Waals surface area contributed by atoms with Gasteiger partial charge in [-0.15, -0.1) is 0 Å². The molecule has 4 nitrogen and oxygen atoms in total. The van der Waals surface area contributed by atoms with Crippen molar-refractivity contribution in [2.75, 3.05) is 37.7 Å². The van der Waals surface area contributed by atoms with Crippen LogP contribution in [-0.4, -0.2) is 60.5 Å². The summed E-state index contributed by atoms with van der Waals surface area (Å²) in [4.78, 5) is 5.12. The van der Waals surface area contributed by atoms with E-state index >= 15 is 0 Å². The number of hydrogen-bond acceptors (Lipinski definition) is 4. The second-order valence-electron chi connectivity index (χ2n) is 8.88. The fourth-order valence-electron chi connectivity index (χ4n) is 5.40. The summed E-state index contributed by atoms with van der Waals surface area (Å²) in [6, 6.07) is 10.8.